The second kappa shape index (κ2) is 5.18. The molecule has 0 spiro atoms. The standard InChI is InChI=1S/C11H9BrIN3O/c12-8-2-1-7(10(14)3-8)5-16-6-15-4-9(13)11(16)17/h1-4,6H,5,14H2. The zero-order valence-corrected chi connectivity index (χ0v) is 12.5. The molecule has 1 aromatic carbocycles. The number of hydrogen-bond donors (Lipinski definition) is 1. The van der Waals surface area contributed by atoms with Crippen LogP contribution >= 0.6 is 38.5 Å². The molecule has 0 aliphatic carbocycles. The summed E-state index contributed by atoms with van der Waals surface area (Å²) in [5.41, 5.74) is 7.40. The number of nitrogen functional groups attached to an aromatic ring is 1. The number of benzene rings is 1. The van der Waals surface area contributed by atoms with Gasteiger partial charge in [0.2, 0.25) is 0 Å². The van der Waals surface area contributed by atoms with Crippen molar-refractivity contribution in [1.82, 2.24) is 9.55 Å². The Kier molecular flexibility index (Phi) is 3.82. The molecular weight excluding hydrogens is 397 g/mol. The molecule has 0 bridgehead atoms. The Morgan fingerprint density at radius 1 is 1.47 bits per heavy atom. The largest absolute Gasteiger partial charge is 0.398 e. The van der Waals surface area contributed by atoms with Crippen LogP contribution in [-0.2, 0) is 6.54 Å². The zero-order chi connectivity index (χ0) is 12.4. The van der Waals surface area contributed by atoms with Crippen molar-refractivity contribution in [3.8, 4) is 0 Å². The number of aromatic nitrogens is 2. The molecule has 0 saturated carbocycles. The van der Waals surface area contributed by atoms with Crippen molar-refractivity contribution >= 4 is 44.2 Å². The van der Waals surface area contributed by atoms with Crippen molar-refractivity contribution in [2.24, 2.45) is 0 Å². The number of hydrogen-bond acceptors (Lipinski definition) is 3. The molecule has 0 unspecified atom stereocenters. The van der Waals surface area contributed by atoms with Gasteiger partial charge in [0.25, 0.3) is 5.56 Å². The summed E-state index contributed by atoms with van der Waals surface area (Å²) in [5.74, 6) is 0. The highest BCUT2D eigenvalue weighted by atomic mass is 127. The van der Waals surface area contributed by atoms with Gasteiger partial charge in [0, 0.05) is 16.4 Å². The fourth-order valence-electron chi connectivity index (χ4n) is 1.43. The topological polar surface area (TPSA) is 60.9 Å². The molecule has 0 radical (unpaired) electrons. The van der Waals surface area contributed by atoms with E-state index in [4.69, 9.17) is 5.73 Å². The molecule has 1 aromatic heterocycles. The molecule has 88 valence electrons. The van der Waals surface area contributed by atoms with Gasteiger partial charge in [0.15, 0.2) is 0 Å². The molecule has 4 nitrogen and oxygen atoms in total. The Balaban J connectivity index is 2.38. The van der Waals surface area contributed by atoms with Crippen LogP contribution in [0.1, 0.15) is 5.56 Å². The minimum Gasteiger partial charge on any atom is -0.398 e. The van der Waals surface area contributed by atoms with E-state index < -0.39 is 0 Å². The van der Waals surface area contributed by atoms with E-state index in [1.807, 2.05) is 40.8 Å². The molecule has 1 heterocycles. The van der Waals surface area contributed by atoms with Gasteiger partial charge in [-0.15, -0.1) is 0 Å². The first kappa shape index (κ1) is 12.6. The van der Waals surface area contributed by atoms with Gasteiger partial charge in [0.1, 0.15) is 0 Å². The highest BCUT2D eigenvalue weighted by Gasteiger charge is 2.04. The van der Waals surface area contributed by atoms with Gasteiger partial charge in [-0.25, -0.2) is 4.98 Å². The summed E-state index contributed by atoms with van der Waals surface area (Å²) in [7, 11) is 0. The third kappa shape index (κ3) is 2.86. The highest BCUT2D eigenvalue weighted by Crippen LogP contribution is 2.18. The van der Waals surface area contributed by atoms with Crippen LogP contribution in [0.15, 0.2) is 40.0 Å². The molecule has 0 atom stereocenters. The van der Waals surface area contributed by atoms with E-state index in [-0.39, 0.29) is 5.56 Å². The van der Waals surface area contributed by atoms with Crippen LogP contribution in [-0.4, -0.2) is 9.55 Å². The lowest BCUT2D eigenvalue weighted by molar-refractivity contribution is 0.731. The lowest BCUT2D eigenvalue weighted by Gasteiger charge is -2.08. The van der Waals surface area contributed by atoms with Gasteiger partial charge in [-0.05, 0) is 40.3 Å². The molecular formula is C11H9BrIN3O. The van der Waals surface area contributed by atoms with E-state index in [1.54, 1.807) is 10.8 Å². The quantitative estimate of drug-likeness (QED) is 0.615. The normalized spacial score (nSPS) is 10.5. The minimum absolute atomic E-state index is 0.0529. The summed E-state index contributed by atoms with van der Waals surface area (Å²) >= 11 is 5.32. The van der Waals surface area contributed by atoms with Crippen LogP contribution in [0, 0.1) is 3.57 Å². The Bertz CT molecular complexity index is 612. The van der Waals surface area contributed by atoms with Crippen LogP contribution in [0.25, 0.3) is 0 Å². The predicted octanol–water partition coefficient (Wildman–Crippen LogP) is 2.24. The highest BCUT2D eigenvalue weighted by molar-refractivity contribution is 14.1. The Labute approximate surface area is 120 Å². The maximum atomic E-state index is 11.8. The summed E-state index contributed by atoms with van der Waals surface area (Å²) in [6.45, 7) is 0.432. The summed E-state index contributed by atoms with van der Waals surface area (Å²) in [6, 6.07) is 5.62. The predicted molar refractivity (Wildman–Crippen MR) is 78.9 cm³/mol. The average molecular weight is 406 g/mol. The molecule has 0 saturated heterocycles. The van der Waals surface area contributed by atoms with Crippen molar-refractivity contribution in [3.63, 3.8) is 0 Å². The molecule has 0 aliphatic heterocycles. The number of rotatable bonds is 2. The summed E-state index contributed by atoms with van der Waals surface area (Å²) in [4.78, 5) is 15.8. The number of nitrogens with two attached hydrogens (primary N) is 1. The third-order valence-electron chi connectivity index (χ3n) is 2.31. The number of halogens is 2. The third-order valence-corrected chi connectivity index (χ3v) is 3.54. The monoisotopic (exact) mass is 405 g/mol. The van der Waals surface area contributed by atoms with Crippen LogP contribution < -0.4 is 11.3 Å². The molecule has 2 rings (SSSR count). The zero-order valence-electron chi connectivity index (χ0n) is 8.73. The van der Waals surface area contributed by atoms with Gasteiger partial charge < -0.3 is 5.73 Å². The fourth-order valence-corrected chi connectivity index (χ4v) is 2.28. The van der Waals surface area contributed by atoms with Gasteiger partial charge in [-0.2, -0.15) is 0 Å². The number of nitrogens with zero attached hydrogens (tertiary/aromatic N) is 2. The SMILES string of the molecule is Nc1cc(Br)ccc1Cn1cncc(I)c1=O. The maximum absolute atomic E-state index is 11.8. The first-order valence-corrected chi connectivity index (χ1v) is 6.69. The van der Waals surface area contributed by atoms with Crippen molar-refractivity contribution in [2.75, 3.05) is 5.73 Å². The molecule has 0 fully saturated rings. The molecule has 0 amide bonds. The van der Waals surface area contributed by atoms with Crippen molar-refractivity contribution < 1.29 is 0 Å². The smallest absolute Gasteiger partial charge is 0.267 e. The lowest BCUT2D eigenvalue weighted by atomic mass is 10.2. The summed E-state index contributed by atoms with van der Waals surface area (Å²) < 4.78 is 3.06. The van der Waals surface area contributed by atoms with Crippen LogP contribution in [0.4, 0.5) is 5.69 Å². The molecule has 17 heavy (non-hydrogen) atoms. The molecule has 2 N–H and O–H groups in total. The molecule has 0 aliphatic rings. The maximum Gasteiger partial charge on any atom is 0.267 e. The van der Waals surface area contributed by atoms with E-state index in [0.29, 0.717) is 15.8 Å². The van der Waals surface area contributed by atoms with Crippen LogP contribution in [0.5, 0.6) is 0 Å². The first-order chi connectivity index (χ1) is 8.08. The number of anilines is 1. The van der Waals surface area contributed by atoms with Crippen LogP contribution in [0.2, 0.25) is 0 Å². The summed E-state index contributed by atoms with van der Waals surface area (Å²) in [5, 5.41) is 0. The van der Waals surface area contributed by atoms with Crippen molar-refractivity contribution in [1.29, 1.82) is 0 Å². The second-order valence-electron chi connectivity index (χ2n) is 3.52. The molecule has 6 heteroatoms. The van der Waals surface area contributed by atoms with Gasteiger partial charge in [0.05, 0.1) is 16.4 Å². The second-order valence-corrected chi connectivity index (χ2v) is 5.60. The van der Waals surface area contributed by atoms with Gasteiger partial charge in [-0.1, -0.05) is 22.0 Å². The van der Waals surface area contributed by atoms with Gasteiger partial charge in [-0.3, -0.25) is 9.36 Å². The lowest BCUT2D eigenvalue weighted by Crippen LogP contribution is -2.23. The van der Waals surface area contributed by atoms with E-state index in [2.05, 4.69) is 20.9 Å². The average Bonchev–Trinajstić information content (AvgIpc) is 2.28. The Morgan fingerprint density at radius 2 is 2.24 bits per heavy atom. The first-order valence-electron chi connectivity index (χ1n) is 4.82. The van der Waals surface area contributed by atoms with E-state index in [1.165, 1.54) is 6.33 Å². The fraction of sp³-hybridized carbons (Fsp3) is 0.0909. The van der Waals surface area contributed by atoms with Gasteiger partial charge >= 0.3 is 0 Å². The van der Waals surface area contributed by atoms with E-state index >= 15 is 0 Å². The Hall–Kier alpha value is -0.890. The van der Waals surface area contributed by atoms with E-state index in [9.17, 15) is 4.79 Å². The van der Waals surface area contributed by atoms with Crippen molar-refractivity contribution in [2.45, 2.75) is 6.54 Å². The molecule has 2 aromatic rings. The Morgan fingerprint density at radius 3 is 2.94 bits per heavy atom. The van der Waals surface area contributed by atoms with Crippen molar-refractivity contribution in [3.05, 3.63) is 54.7 Å². The van der Waals surface area contributed by atoms with Crippen LogP contribution in [0.3, 0.4) is 0 Å². The summed E-state index contributed by atoms with van der Waals surface area (Å²) in [6.07, 6.45) is 3.07. The van der Waals surface area contributed by atoms with E-state index in [0.717, 1.165) is 10.0 Å². The minimum atomic E-state index is -0.0529.